The van der Waals surface area contributed by atoms with Crippen LogP contribution in [0.5, 0.6) is 0 Å². The van der Waals surface area contributed by atoms with Crippen molar-refractivity contribution in [3.63, 3.8) is 0 Å². The minimum atomic E-state index is -0.370. The largest absolute Gasteiger partial charge is 0.465 e. The van der Waals surface area contributed by atoms with Crippen LogP contribution < -0.4 is 5.73 Å². The number of nitrogens with two attached hydrogens (primary N) is 1. The van der Waals surface area contributed by atoms with E-state index in [9.17, 15) is 4.79 Å². The van der Waals surface area contributed by atoms with E-state index in [1.165, 1.54) is 7.11 Å². The normalized spacial score (nSPS) is 10.0. The molecule has 0 aliphatic heterocycles. The van der Waals surface area contributed by atoms with Crippen molar-refractivity contribution in [3.05, 3.63) is 29.3 Å². The Kier molecular flexibility index (Phi) is 4.43. The molecule has 1 aromatic carbocycles. The summed E-state index contributed by atoms with van der Waals surface area (Å²) in [7, 11) is 1.35. The number of aryl methyl sites for hydroxylation is 1. The number of alkyl halides is 1. The third-order valence-corrected chi connectivity index (χ3v) is 2.41. The second-order valence-electron chi connectivity index (χ2n) is 3.20. The molecular formula is C11H14ClNO2. The predicted molar refractivity (Wildman–Crippen MR) is 61.2 cm³/mol. The highest BCUT2D eigenvalue weighted by Crippen LogP contribution is 2.16. The SMILES string of the molecule is COC(=O)c1ccc(CCCCl)c(N)c1. The third-order valence-electron chi connectivity index (χ3n) is 2.15. The Morgan fingerprint density at radius 2 is 2.27 bits per heavy atom. The van der Waals surface area contributed by atoms with Gasteiger partial charge in [-0.2, -0.15) is 0 Å². The van der Waals surface area contributed by atoms with Crippen molar-refractivity contribution in [2.24, 2.45) is 0 Å². The van der Waals surface area contributed by atoms with E-state index in [4.69, 9.17) is 17.3 Å². The van der Waals surface area contributed by atoms with Crippen LogP contribution in [0.1, 0.15) is 22.3 Å². The molecule has 0 bridgehead atoms. The van der Waals surface area contributed by atoms with Gasteiger partial charge in [0, 0.05) is 11.6 Å². The summed E-state index contributed by atoms with van der Waals surface area (Å²) in [4.78, 5) is 11.2. The first-order valence-electron chi connectivity index (χ1n) is 4.71. The fraction of sp³-hybridized carbons (Fsp3) is 0.364. The molecule has 0 radical (unpaired) electrons. The second-order valence-corrected chi connectivity index (χ2v) is 3.58. The van der Waals surface area contributed by atoms with Crippen molar-refractivity contribution in [1.29, 1.82) is 0 Å². The number of nitrogen functional groups attached to an aromatic ring is 1. The maximum Gasteiger partial charge on any atom is 0.337 e. The van der Waals surface area contributed by atoms with Crippen LogP contribution in [0.3, 0.4) is 0 Å². The zero-order chi connectivity index (χ0) is 11.3. The van der Waals surface area contributed by atoms with Gasteiger partial charge in [0.2, 0.25) is 0 Å². The topological polar surface area (TPSA) is 52.3 Å². The monoisotopic (exact) mass is 227 g/mol. The maximum absolute atomic E-state index is 11.2. The molecule has 0 saturated carbocycles. The van der Waals surface area contributed by atoms with Crippen LogP contribution in [0, 0.1) is 0 Å². The lowest BCUT2D eigenvalue weighted by Crippen LogP contribution is -2.04. The standard InChI is InChI=1S/C11H14ClNO2/c1-15-11(14)9-5-4-8(3-2-6-12)10(13)7-9/h4-5,7H,2-3,6,13H2,1H3. The van der Waals surface area contributed by atoms with Gasteiger partial charge in [0.1, 0.15) is 0 Å². The van der Waals surface area contributed by atoms with E-state index in [0.717, 1.165) is 18.4 Å². The summed E-state index contributed by atoms with van der Waals surface area (Å²) < 4.78 is 4.60. The van der Waals surface area contributed by atoms with Crippen LogP contribution in [0.4, 0.5) is 5.69 Å². The maximum atomic E-state index is 11.2. The van der Waals surface area contributed by atoms with Crippen molar-refractivity contribution in [2.45, 2.75) is 12.8 Å². The highest BCUT2D eigenvalue weighted by atomic mass is 35.5. The second kappa shape index (κ2) is 5.61. The van der Waals surface area contributed by atoms with Crippen LogP contribution in [0.15, 0.2) is 18.2 Å². The van der Waals surface area contributed by atoms with E-state index in [1.54, 1.807) is 12.1 Å². The van der Waals surface area contributed by atoms with E-state index in [-0.39, 0.29) is 5.97 Å². The third kappa shape index (κ3) is 3.13. The number of carbonyl (C=O) groups excluding carboxylic acids is 1. The fourth-order valence-corrected chi connectivity index (χ4v) is 1.46. The molecule has 1 aromatic rings. The molecular weight excluding hydrogens is 214 g/mol. The van der Waals surface area contributed by atoms with E-state index >= 15 is 0 Å². The Morgan fingerprint density at radius 1 is 1.53 bits per heavy atom. The molecule has 0 spiro atoms. The van der Waals surface area contributed by atoms with Gasteiger partial charge >= 0.3 is 5.97 Å². The first kappa shape index (κ1) is 11.9. The quantitative estimate of drug-likeness (QED) is 0.488. The minimum Gasteiger partial charge on any atom is -0.465 e. The molecule has 0 aliphatic rings. The molecule has 4 heteroatoms. The van der Waals surface area contributed by atoms with Gasteiger partial charge in [0.25, 0.3) is 0 Å². The van der Waals surface area contributed by atoms with Crippen molar-refractivity contribution in [2.75, 3.05) is 18.7 Å². The van der Waals surface area contributed by atoms with Crippen molar-refractivity contribution in [1.82, 2.24) is 0 Å². The summed E-state index contributed by atoms with van der Waals surface area (Å²) in [5.74, 6) is 0.239. The van der Waals surface area contributed by atoms with Crippen molar-refractivity contribution < 1.29 is 9.53 Å². The Balaban J connectivity index is 2.83. The number of benzene rings is 1. The highest BCUT2D eigenvalue weighted by Gasteiger charge is 2.07. The molecule has 0 amide bonds. The molecule has 0 fully saturated rings. The zero-order valence-electron chi connectivity index (χ0n) is 8.63. The minimum absolute atomic E-state index is 0.370. The molecule has 0 atom stereocenters. The van der Waals surface area contributed by atoms with E-state index < -0.39 is 0 Å². The fourth-order valence-electron chi connectivity index (χ4n) is 1.32. The highest BCUT2D eigenvalue weighted by molar-refractivity contribution is 6.17. The van der Waals surface area contributed by atoms with Gasteiger partial charge in [-0.15, -0.1) is 11.6 Å². The van der Waals surface area contributed by atoms with Crippen molar-refractivity contribution in [3.8, 4) is 0 Å². The summed E-state index contributed by atoms with van der Waals surface area (Å²) >= 11 is 5.59. The molecule has 1 rings (SSSR count). The number of hydrogen-bond acceptors (Lipinski definition) is 3. The average Bonchev–Trinajstić information content (AvgIpc) is 2.26. The molecule has 0 aliphatic carbocycles. The van der Waals surface area contributed by atoms with E-state index in [2.05, 4.69) is 4.74 Å². The van der Waals surface area contributed by atoms with Crippen LogP contribution in [0.25, 0.3) is 0 Å². The lowest BCUT2D eigenvalue weighted by Gasteiger charge is -2.06. The number of halogens is 1. The van der Waals surface area contributed by atoms with Gasteiger partial charge in [-0.1, -0.05) is 6.07 Å². The molecule has 15 heavy (non-hydrogen) atoms. The number of ether oxygens (including phenoxy) is 1. The summed E-state index contributed by atoms with van der Waals surface area (Å²) in [5, 5.41) is 0. The molecule has 0 heterocycles. The number of hydrogen-bond donors (Lipinski definition) is 1. The van der Waals surface area contributed by atoms with Gasteiger partial charge in [0.15, 0.2) is 0 Å². The Labute approximate surface area is 94.2 Å². The summed E-state index contributed by atoms with van der Waals surface area (Å²) in [5.41, 5.74) is 7.91. The molecule has 0 aromatic heterocycles. The molecule has 82 valence electrons. The Hall–Kier alpha value is -1.22. The average molecular weight is 228 g/mol. The van der Waals surface area contributed by atoms with E-state index in [0.29, 0.717) is 17.1 Å². The first-order chi connectivity index (χ1) is 7.19. The number of methoxy groups -OCH3 is 1. The molecule has 3 nitrogen and oxygen atoms in total. The summed E-state index contributed by atoms with van der Waals surface area (Å²) in [6.07, 6.45) is 1.71. The first-order valence-corrected chi connectivity index (χ1v) is 5.25. The lowest BCUT2D eigenvalue weighted by molar-refractivity contribution is 0.0601. The molecule has 0 saturated heterocycles. The van der Waals surface area contributed by atoms with Gasteiger partial charge in [0.05, 0.1) is 12.7 Å². The predicted octanol–water partition coefficient (Wildman–Crippen LogP) is 2.23. The molecule has 2 N–H and O–H groups in total. The smallest absolute Gasteiger partial charge is 0.337 e. The lowest BCUT2D eigenvalue weighted by atomic mass is 10.1. The number of rotatable bonds is 4. The van der Waals surface area contributed by atoms with Gasteiger partial charge in [-0.3, -0.25) is 0 Å². The van der Waals surface area contributed by atoms with Crippen LogP contribution in [-0.4, -0.2) is 19.0 Å². The number of esters is 1. The Morgan fingerprint density at radius 3 is 2.80 bits per heavy atom. The zero-order valence-corrected chi connectivity index (χ0v) is 9.38. The summed E-state index contributed by atoms with van der Waals surface area (Å²) in [6, 6.07) is 5.19. The van der Waals surface area contributed by atoms with Gasteiger partial charge in [-0.25, -0.2) is 4.79 Å². The van der Waals surface area contributed by atoms with Crippen molar-refractivity contribution >= 4 is 23.3 Å². The Bertz CT molecular complexity index is 352. The van der Waals surface area contributed by atoms with Crippen LogP contribution in [-0.2, 0) is 11.2 Å². The number of anilines is 1. The number of carbonyl (C=O) groups is 1. The van der Waals surface area contributed by atoms with Gasteiger partial charge < -0.3 is 10.5 Å². The summed E-state index contributed by atoms with van der Waals surface area (Å²) in [6.45, 7) is 0. The van der Waals surface area contributed by atoms with Crippen LogP contribution >= 0.6 is 11.6 Å². The van der Waals surface area contributed by atoms with E-state index in [1.807, 2.05) is 6.07 Å². The van der Waals surface area contributed by atoms with Crippen LogP contribution in [0.2, 0.25) is 0 Å². The molecule has 0 unspecified atom stereocenters. The van der Waals surface area contributed by atoms with Gasteiger partial charge in [-0.05, 0) is 30.5 Å².